The smallest absolute Gasteiger partial charge is 0.209 e. The van der Waals surface area contributed by atoms with Crippen LogP contribution in [-0.4, -0.2) is 79.6 Å². The maximum atomic E-state index is 13.2. The average molecular weight is 429 g/mol. The average Bonchev–Trinajstić information content (AvgIpc) is 2.67. The molecule has 0 aromatic heterocycles. The van der Waals surface area contributed by atoms with Crippen molar-refractivity contribution < 1.29 is 39.9 Å². The second-order valence-electron chi connectivity index (χ2n) is 8.55. The number of carbonyl (C=O) groups is 3. The van der Waals surface area contributed by atoms with Crippen molar-refractivity contribution in [3.8, 4) is 5.75 Å². The van der Waals surface area contributed by atoms with Crippen LogP contribution in [0.1, 0.15) is 22.8 Å². The highest BCUT2D eigenvalue weighted by molar-refractivity contribution is 6.25. The molecule has 5 N–H and O–H groups in total. The van der Waals surface area contributed by atoms with Gasteiger partial charge in [0.1, 0.15) is 22.8 Å². The number of phenolic OH excluding ortho intramolecular Hbond substituents is 1. The highest BCUT2D eigenvalue weighted by Gasteiger charge is 2.66. The van der Waals surface area contributed by atoms with Crippen molar-refractivity contribution in [3.63, 3.8) is 0 Å². The Labute approximate surface area is 177 Å². The van der Waals surface area contributed by atoms with Crippen LogP contribution in [0.5, 0.6) is 5.75 Å². The summed E-state index contributed by atoms with van der Waals surface area (Å²) in [5, 5.41) is 54.7. The molecule has 0 bridgehead atoms. The lowest BCUT2D eigenvalue weighted by molar-refractivity contribution is -0.161. The summed E-state index contributed by atoms with van der Waals surface area (Å²) in [5.74, 6) is -7.25. The van der Waals surface area contributed by atoms with Crippen LogP contribution < -0.4 is 0 Å². The number of fused-ring (bicyclic) bond motifs is 3. The zero-order chi connectivity index (χ0) is 23.0. The predicted molar refractivity (Wildman–Crippen MR) is 107 cm³/mol. The number of benzene rings is 1. The number of phenols is 1. The summed E-state index contributed by atoms with van der Waals surface area (Å²) in [4.78, 5) is 39.9. The van der Waals surface area contributed by atoms with Gasteiger partial charge in [-0.3, -0.25) is 19.3 Å². The van der Waals surface area contributed by atoms with Gasteiger partial charge in [0.25, 0.3) is 0 Å². The van der Waals surface area contributed by atoms with Crippen molar-refractivity contribution in [3.05, 3.63) is 52.0 Å². The Kier molecular flexibility index (Phi) is 4.62. The molecule has 3 aliphatic carbocycles. The van der Waals surface area contributed by atoms with E-state index in [0.29, 0.717) is 5.56 Å². The first-order chi connectivity index (χ1) is 14.4. The molecule has 5 atom stereocenters. The maximum Gasteiger partial charge on any atom is 0.209 e. The molecule has 31 heavy (non-hydrogen) atoms. The fourth-order valence-corrected chi connectivity index (χ4v) is 5.30. The molecule has 4 rings (SSSR count). The fourth-order valence-electron chi connectivity index (χ4n) is 5.30. The van der Waals surface area contributed by atoms with Crippen LogP contribution in [0.4, 0.5) is 0 Å². The van der Waals surface area contributed by atoms with Gasteiger partial charge in [0, 0.05) is 11.5 Å². The predicted octanol–water partition coefficient (Wildman–Crippen LogP) is 0.195. The molecule has 0 unspecified atom stereocenters. The number of ketones is 3. The third-order valence-corrected chi connectivity index (χ3v) is 6.65. The zero-order valence-electron chi connectivity index (χ0n) is 17.2. The van der Waals surface area contributed by atoms with Crippen LogP contribution in [0.15, 0.2) is 40.9 Å². The Morgan fingerprint density at radius 2 is 1.81 bits per heavy atom. The van der Waals surface area contributed by atoms with Crippen LogP contribution in [0.2, 0.25) is 0 Å². The molecule has 0 spiro atoms. The van der Waals surface area contributed by atoms with Crippen LogP contribution in [-0.2, 0) is 16.0 Å². The topological polar surface area (TPSA) is 156 Å². The van der Waals surface area contributed by atoms with Crippen LogP contribution >= 0.6 is 0 Å². The molecule has 3 aliphatic rings. The first kappa shape index (κ1) is 21.2. The van der Waals surface area contributed by atoms with Gasteiger partial charge < -0.3 is 25.5 Å². The SMILES string of the molecule is CC(=O)C1=C(O)[C@@H](N(C)C)[C@@H]2[C@H](O)[C@@H]3Cc4cccc(O)c4C(=O)C3=C(O)[C@]2(O)C1=O. The molecule has 0 saturated carbocycles. The molecular formula is C22H23NO8. The van der Waals surface area contributed by atoms with Gasteiger partial charge in [-0.15, -0.1) is 0 Å². The summed E-state index contributed by atoms with van der Waals surface area (Å²) in [5.41, 5.74) is -3.50. The molecule has 1 aromatic rings. The number of aromatic hydroxyl groups is 1. The Balaban J connectivity index is 2.02. The Hall–Kier alpha value is -3.01. The normalized spacial score (nSPS) is 32.7. The summed E-state index contributed by atoms with van der Waals surface area (Å²) < 4.78 is 0. The molecule has 9 heteroatoms. The number of aliphatic hydroxyl groups is 4. The molecule has 0 saturated heterocycles. The van der Waals surface area contributed by atoms with E-state index in [1.54, 1.807) is 12.1 Å². The zero-order valence-corrected chi connectivity index (χ0v) is 17.2. The first-order valence-corrected chi connectivity index (χ1v) is 9.79. The van der Waals surface area contributed by atoms with E-state index in [9.17, 15) is 39.9 Å². The van der Waals surface area contributed by atoms with Crippen molar-refractivity contribution in [2.24, 2.45) is 11.8 Å². The summed E-state index contributed by atoms with van der Waals surface area (Å²) in [6.45, 7) is 1.03. The van der Waals surface area contributed by atoms with Gasteiger partial charge in [-0.1, -0.05) is 12.1 Å². The van der Waals surface area contributed by atoms with Crippen molar-refractivity contribution in [1.82, 2.24) is 4.90 Å². The third kappa shape index (κ3) is 2.57. The Bertz CT molecular complexity index is 1100. The minimum Gasteiger partial charge on any atom is -0.510 e. The van der Waals surface area contributed by atoms with Crippen molar-refractivity contribution in [1.29, 1.82) is 0 Å². The second-order valence-corrected chi connectivity index (χ2v) is 8.55. The summed E-state index contributed by atoms with van der Waals surface area (Å²) in [7, 11) is 3.05. The third-order valence-electron chi connectivity index (χ3n) is 6.65. The van der Waals surface area contributed by atoms with Crippen LogP contribution in [0.25, 0.3) is 0 Å². The minimum atomic E-state index is -2.80. The molecule has 0 amide bonds. The van der Waals surface area contributed by atoms with E-state index in [-0.39, 0.29) is 23.3 Å². The van der Waals surface area contributed by atoms with Gasteiger partial charge in [-0.25, -0.2) is 0 Å². The molecule has 0 heterocycles. The molecule has 9 nitrogen and oxygen atoms in total. The number of nitrogens with zero attached hydrogens (tertiary/aromatic N) is 1. The molecule has 0 radical (unpaired) electrons. The monoisotopic (exact) mass is 429 g/mol. The molecular weight excluding hydrogens is 406 g/mol. The van der Waals surface area contributed by atoms with Crippen molar-refractivity contribution >= 4 is 17.3 Å². The summed E-state index contributed by atoms with van der Waals surface area (Å²) in [6.07, 6.45) is -1.47. The Morgan fingerprint density at radius 3 is 2.39 bits per heavy atom. The molecule has 0 fully saturated rings. The van der Waals surface area contributed by atoms with Gasteiger partial charge in [0.2, 0.25) is 5.78 Å². The quantitative estimate of drug-likeness (QED) is 0.414. The highest BCUT2D eigenvalue weighted by Crippen LogP contribution is 2.52. The molecule has 1 aromatic carbocycles. The van der Waals surface area contributed by atoms with E-state index in [0.717, 1.165) is 6.92 Å². The van der Waals surface area contributed by atoms with E-state index in [2.05, 4.69) is 0 Å². The van der Waals surface area contributed by atoms with E-state index in [4.69, 9.17) is 0 Å². The van der Waals surface area contributed by atoms with Crippen LogP contribution in [0.3, 0.4) is 0 Å². The van der Waals surface area contributed by atoms with Gasteiger partial charge >= 0.3 is 0 Å². The van der Waals surface area contributed by atoms with E-state index >= 15 is 0 Å². The first-order valence-electron chi connectivity index (χ1n) is 9.79. The molecule has 164 valence electrons. The number of hydrogen-bond acceptors (Lipinski definition) is 9. The number of Topliss-reactive ketones (excluding diaryl/α,β-unsaturated/α-hetero) is 3. The Morgan fingerprint density at radius 1 is 1.16 bits per heavy atom. The van der Waals surface area contributed by atoms with Crippen LogP contribution in [0, 0.1) is 11.8 Å². The van der Waals surface area contributed by atoms with Gasteiger partial charge in [-0.05, 0) is 39.1 Å². The second kappa shape index (κ2) is 6.74. The van der Waals surface area contributed by atoms with E-state index < -0.39 is 64.0 Å². The number of carbonyl (C=O) groups excluding carboxylic acids is 3. The minimum absolute atomic E-state index is 0.0565. The number of aliphatic hydroxyl groups excluding tert-OH is 3. The van der Waals surface area contributed by atoms with Gasteiger partial charge in [0.15, 0.2) is 17.2 Å². The lowest BCUT2D eigenvalue weighted by Gasteiger charge is -2.52. The summed E-state index contributed by atoms with van der Waals surface area (Å²) in [6, 6.07) is 3.27. The molecule has 0 aliphatic heterocycles. The standard InChI is InChI=1S/C22H23NO8/c1-8(24)12-19(28)16(23(2)3)15-17(26)10-7-9-5-4-6-11(25)13(9)18(27)14(10)21(30)22(15,31)20(12)29/h4-6,10,15-17,25-26,28,30-31H,7H2,1-3H3/t10-,15-,16+,17-,22-/m1/s1. The summed E-state index contributed by atoms with van der Waals surface area (Å²) >= 11 is 0. The highest BCUT2D eigenvalue weighted by atomic mass is 16.4. The number of likely N-dealkylation sites (N-methyl/N-ethyl adjacent to an activating group) is 1. The lowest BCUT2D eigenvalue weighted by Crippen LogP contribution is -2.68. The largest absolute Gasteiger partial charge is 0.510 e. The van der Waals surface area contributed by atoms with E-state index in [1.165, 1.54) is 25.1 Å². The number of rotatable bonds is 2. The maximum absolute atomic E-state index is 13.2. The fraction of sp³-hybridized carbons (Fsp3) is 0.409. The van der Waals surface area contributed by atoms with Crippen molar-refractivity contribution in [2.45, 2.75) is 31.1 Å². The van der Waals surface area contributed by atoms with Gasteiger partial charge in [-0.2, -0.15) is 0 Å². The number of hydrogen-bond donors (Lipinski definition) is 5. The van der Waals surface area contributed by atoms with Crippen molar-refractivity contribution in [2.75, 3.05) is 14.1 Å². The lowest BCUT2D eigenvalue weighted by atomic mass is 9.57. The van der Waals surface area contributed by atoms with Gasteiger partial charge in [0.05, 0.1) is 23.6 Å². The van der Waals surface area contributed by atoms with E-state index in [1.807, 2.05) is 0 Å².